The lowest BCUT2D eigenvalue weighted by Gasteiger charge is -2.45. The second kappa shape index (κ2) is 6.93. The average molecular weight is 433 g/mol. The van der Waals surface area contributed by atoms with Gasteiger partial charge in [-0.1, -0.05) is 11.6 Å². The van der Waals surface area contributed by atoms with E-state index in [-0.39, 0.29) is 16.4 Å². The summed E-state index contributed by atoms with van der Waals surface area (Å²) >= 11 is 6.06. The quantitative estimate of drug-likeness (QED) is 0.658. The van der Waals surface area contributed by atoms with E-state index in [2.05, 4.69) is 26.5 Å². The fourth-order valence-corrected chi connectivity index (χ4v) is 4.25. The van der Waals surface area contributed by atoms with Crippen LogP contribution in [0.1, 0.15) is 35.6 Å². The van der Waals surface area contributed by atoms with Crippen LogP contribution in [0, 0.1) is 11.3 Å². The molecular weight excluding hydrogens is 418 g/mol. The maximum atomic E-state index is 13.3. The SMILES string of the molecule is N#Cc1c[nH]c2c1C(N1CCC1c1nn3ccc(Cl)c3c(=O)n1CC(F)F)N=CN2. The number of hydrogen-bond acceptors (Lipinski definition) is 6. The lowest BCUT2D eigenvalue weighted by Crippen LogP contribution is -2.47. The van der Waals surface area contributed by atoms with Gasteiger partial charge >= 0.3 is 0 Å². The van der Waals surface area contributed by atoms with Crippen LogP contribution < -0.4 is 10.9 Å². The number of H-pyrrole nitrogens is 1. The van der Waals surface area contributed by atoms with Crippen LogP contribution in [0.3, 0.4) is 0 Å². The Morgan fingerprint density at radius 3 is 2.97 bits per heavy atom. The van der Waals surface area contributed by atoms with E-state index in [1.54, 1.807) is 6.20 Å². The first-order chi connectivity index (χ1) is 14.5. The molecule has 0 saturated carbocycles. The fraction of sp³-hybridized carbons (Fsp3) is 0.333. The van der Waals surface area contributed by atoms with Crippen LogP contribution in [0.5, 0.6) is 0 Å². The van der Waals surface area contributed by atoms with Crippen LogP contribution in [0.2, 0.25) is 5.02 Å². The van der Waals surface area contributed by atoms with Gasteiger partial charge < -0.3 is 10.3 Å². The topological polar surface area (TPSA) is 107 Å². The molecule has 5 rings (SSSR count). The van der Waals surface area contributed by atoms with Gasteiger partial charge in [0.1, 0.15) is 23.6 Å². The van der Waals surface area contributed by atoms with E-state index in [9.17, 15) is 18.8 Å². The summed E-state index contributed by atoms with van der Waals surface area (Å²) in [6, 6.07) is 3.22. The Labute approximate surface area is 173 Å². The number of aromatic amines is 1. The Hall–Kier alpha value is -3.23. The standard InChI is InChI=1S/C18H15ClF2N8O/c19-10-1-4-29-14(10)18(30)28(7-12(20)21)16(26-29)11-2-3-27(11)17-13-9(5-22)6-23-15(13)24-8-25-17/h1,4,6,8,11-12,17,23H,2-3,7H2,(H,24,25). The normalized spacial score (nSPS) is 20.8. The molecule has 2 atom stereocenters. The molecule has 0 radical (unpaired) electrons. The zero-order valence-corrected chi connectivity index (χ0v) is 16.1. The molecule has 1 fully saturated rings. The number of nitrogens with one attached hydrogen (secondary N) is 2. The number of likely N-dealkylation sites (tertiary alicyclic amines) is 1. The minimum Gasteiger partial charge on any atom is -0.346 e. The first-order valence-electron chi connectivity index (χ1n) is 9.20. The molecule has 9 nitrogen and oxygen atoms in total. The summed E-state index contributed by atoms with van der Waals surface area (Å²) in [5, 5.41) is 17.0. The van der Waals surface area contributed by atoms with Crippen molar-refractivity contribution in [2.75, 3.05) is 11.9 Å². The summed E-state index contributed by atoms with van der Waals surface area (Å²) in [7, 11) is 0. The molecule has 3 aromatic rings. The molecular formula is C18H15ClF2N8O. The van der Waals surface area contributed by atoms with Crippen LogP contribution in [0.25, 0.3) is 5.52 Å². The van der Waals surface area contributed by atoms with E-state index in [1.165, 1.54) is 23.1 Å². The van der Waals surface area contributed by atoms with Crippen LogP contribution in [0.15, 0.2) is 28.2 Å². The summed E-state index contributed by atoms with van der Waals surface area (Å²) < 4.78 is 28.9. The van der Waals surface area contributed by atoms with Crippen molar-refractivity contribution in [2.45, 2.75) is 31.6 Å². The van der Waals surface area contributed by atoms with Crippen molar-refractivity contribution in [1.82, 2.24) is 24.1 Å². The number of nitrogens with zero attached hydrogens (tertiary/aromatic N) is 6. The Morgan fingerprint density at radius 1 is 1.43 bits per heavy atom. The fourth-order valence-electron chi connectivity index (χ4n) is 4.03. The van der Waals surface area contributed by atoms with E-state index in [0.717, 1.165) is 4.57 Å². The molecule has 0 aliphatic carbocycles. The van der Waals surface area contributed by atoms with Gasteiger partial charge in [0.2, 0.25) is 0 Å². The summed E-state index contributed by atoms with van der Waals surface area (Å²) in [6.45, 7) is -0.172. The minimum atomic E-state index is -2.73. The van der Waals surface area contributed by atoms with E-state index in [1.807, 2.05) is 4.90 Å². The molecule has 0 aromatic carbocycles. The third-order valence-electron chi connectivity index (χ3n) is 5.47. The molecule has 30 heavy (non-hydrogen) atoms. The van der Waals surface area contributed by atoms with Crippen molar-refractivity contribution in [3.63, 3.8) is 0 Å². The first-order valence-corrected chi connectivity index (χ1v) is 9.58. The van der Waals surface area contributed by atoms with E-state index in [0.29, 0.717) is 29.9 Å². The molecule has 0 bridgehead atoms. The lowest BCUT2D eigenvalue weighted by molar-refractivity contribution is 0.0300. The second-order valence-electron chi connectivity index (χ2n) is 7.06. The average Bonchev–Trinajstić information content (AvgIpc) is 3.28. The van der Waals surface area contributed by atoms with Gasteiger partial charge in [0.25, 0.3) is 12.0 Å². The van der Waals surface area contributed by atoms with E-state index in [4.69, 9.17) is 11.6 Å². The molecule has 2 N–H and O–H groups in total. The van der Waals surface area contributed by atoms with E-state index >= 15 is 0 Å². The van der Waals surface area contributed by atoms with Crippen molar-refractivity contribution < 1.29 is 8.78 Å². The largest absolute Gasteiger partial charge is 0.346 e. The number of nitriles is 1. The number of halogens is 3. The number of aliphatic imine (C=N–C) groups is 1. The van der Waals surface area contributed by atoms with Crippen molar-refractivity contribution in [3.8, 4) is 6.07 Å². The molecule has 3 aromatic heterocycles. The zero-order chi connectivity index (χ0) is 21.0. The van der Waals surface area contributed by atoms with Crippen LogP contribution >= 0.6 is 11.6 Å². The van der Waals surface area contributed by atoms with Crippen LogP contribution in [-0.2, 0) is 6.54 Å². The van der Waals surface area contributed by atoms with Gasteiger partial charge in [0.05, 0.1) is 35.1 Å². The van der Waals surface area contributed by atoms with E-state index < -0.39 is 30.7 Å². The third-order valence-corrected chi connectivity index (χ3v) is 5.77. The molecule has 12 heteroatoms. The van der Waals surface area contributed by atoms with Crippen LogP contribution in [0.4, 0.5) is 14.6 Å². The lowest BCUT2D eigenvalue weighted by atomic mass is 9.97. The third kappa shape index (κ3) is 2.72. The number of anilines is 1. The zero-order valence-electron chi connectivity index (χ0n) is 15.4. The number of aromatic nitrogens is 4. The van der Waals surface area contributed by atoms with Crippen molar-refractivity contribution in [1.29, 1.82) is 5.26 Å². The molecule has 2 unspecified atom stereocenters. The van der Waals surface area contributed by atoms with Gasteiger partial charge in [-0.25, -0.2) is 13.3 Å². The smallest absolute Gasteiger partial charge is 0.279 e. The molecule has 2 aliphatic rings. The second-order valence-corrected chi connectivity index (χ2v) is 7.47. The monoisotopic (exact) mass is 432 g/mol. The van der Waals surface area contributed by atoms with Crippen molar-refractivity contribution >= 4 is 29.3 Å². The number of alkyl halides is 2. The molecule has 1 saturated heterocycles. The Morgan fingerprint density at radius 2 is 2.27 bits per heavy atom. The van der Waals surface area contributed by atoms with Gasteiger partial charge in [-0.15, -0.1) is 0 Å². The Balaban J connectivity index is 1.61. The van der Waals surface area contributed by atoms with Crippen LogP contribution in [-0.4, -0.2) is 43.4 Å². The maximum absolute atomic E-state index is 13.3. The maximum Gasteiger partial charge on any atom is 0.279 e. The summed E-state index contributed by atoms with van der Waals surface area (Å²) in [6.07, 6.45) is 2.02. The Bertz CT molecular complexity index is 1270. The molecule has 2 aliphatic heterocycles. The van der Waals surface area contributed by atoms with Gasteiger partial charge in [0, 0.05) is 18.9 Å². The van der Waals surface area contributed by atoms with Gasteiger partial charge in [-0.05, 0) is 12.5 Å². The Kier molecular flexibility index (Phi) is 4.34. The van der Waals surface area contributed by atoms with Crippen molar-refractivity contribution in [2.24, 2.45) is 4.99 Å². The van der Waals surface area contributed by atoms with Crippen molar-refractivity contribution in [3.05, 3.63) is 50.8 Å². The van der Waals surface area contributed by atoms with Gasteiger partial charge in [-0.2, -0.15) is 10.4 Å². The first kappa shape index (κ1) is 18.8. The number of hydrogen-bond donors (Lipinski definition) is 2. The highest BCUT2D eigenvalue weighted by Crippen LogP contribution is 2.43. The highest BCUT2D eigenvalue weighted by molar-refractivity contribution is 6.33. The highest BCUT2D eigenvalue weighted by Gasteiger charge is 2.41. The van der Waals surface area contributed by atoms with Gasteiger partial charge in [-0.3, -0.25) is 19.3 Å². The predicted molar refractivity (Wildman–Crippen MR) is 105 cm³/mol. The molecule has 154 valence electrons. The highest BCUT2D eigenvalue weighted by atomic mass is 35.5. The molecule has 5 heterocycles. The number of rotatable bonds is 4. The predicted octanol–water partition coefficient (Wildman–Crippen LogP) is 2.51. The summed E-state index contributed by atoms with van der Waals surface area (Å²) in [4.78, 5) is 22.3. The molecule has 0 spiro atoms. The summed E-state index contributed by atoms with van der Waals surface area (Å²) in [5.41, 5.74) is 0.565. The number of fused-ring (bicyclic) bond motifs is 2. The van der Waals surface area contributed by atoms with Gasteiger partial charge in [0.15, 0.2) is 5.82 Å². The molecule has 0 amide bonds. The minimum absolute atomic E-state index is 0.0616. The summed E-state index contributed by atoms with van der Waals surface area (Å²) in [5.74, 6) is 0.874.